The number of carbonyl (C=O) groups is 1. The summed E-state index contributed by atoms with van der Waals surface area (Å²) in [6, 6.07) is 9.76. The molecule has 3 rings (SSSR count). The molecule has 2 aromatic carbocycles. The molecule has 1 aromatic heterocycles. The SMILES string of the molecule is CC/C(C)=N\Nc1nc2cc(C)c(NC(=O)c3ccc(CC)cc3)c(C)c2s1. The molecule has 28 heavy (non-hydrogen) atoms. The minimum Gasteiger partial charge on any atom is -0.321 e. The van der Waals surface area contributed by atoms with Gasteiger partial charge in [-0.2, -0.15) is 5.10 Å². The lowest BCUT2D eigenvalue weighted by molar-refractivity contribution is 0.102. The monoisotopic (exact) mass is 394 g/mol. The van der Waals surface area contributed by atoms with Gasteiger partial charge in [0.1, 0.15) is 0 Å². The van der Waals surface area contributed by atoms with E-state index in [0.29, 0.717) is 5.56 Å². The van der Waals surface area contributed by atoms with Gasteiger partial charge >= 0.3 is 0 Å². The van der Waals surface area contributed by atoms with Gasteiger partial charge in [-0.3, -0.25) is 10.2 Å². The van der Waals surface area contributed by atoms with E-state index < -0.39 is 0 Å². The van der Waals surface area contributed by atoms with Gasteiger partial charge in [0.2, 0.25) is 5.13 Å². The Kier molecular flexibility index (Phi) is 6.09. The van der Waals surface area contributed by atoms with Gasteiger partial charge in [0.15, 0.2) is 0 Å². The smallest absolute Gasteiger partial charge is 0.255 e. The maximum absolute atomic E-state index is 12.7. The summed E-state index contributed by atoms with van der Waals surface area (Å²) in [5.74, 6) is -0.0979. The lowest BCUT2D eigenvalue weighted by atomic mass is 10.1. The van der Waals surface area contributed by atoms with Crippen LogP contribution < -0.4 is 10.7 Å². The van der Waals surface area contributed by atoms with E-state index in [1.807, 2.05) is 51.1 Å². The van der Waals surface area contributed by atoms with Crippen molar-refractivity contribution in [2.45, 2.75) is 47.5 Å². The van der Waals surface area contributed by atoms with Crippen molar-refractivity contribution in [1.29, 1.82) is 0 Å². The van der Waals surface area contributed by atoms with Crippen molar-refractivity contribution in [2.24, 2.45) is 5.10 Å². The first kappa shape index (κ1) is 20.0. The number of hydrogen-bond donors (Lipinski definition) is 2. The molecule has 0 radical (unpaired) electrons. The maximum Gasteiger partial charge on any atom is 0.255 e. The van der Waals surface area contributed by atoms with E-state index in [4.69, 9.17) is 0 Å². The van der Waals surface area contributed by atoms with Crippen molar-refractivity contribution in [3.63, 3.8) is 0 Å². The third kappa shape index (κ3) is 4.22. The van der Waals surface area contributed by atoms with Gasteiger partial charge < -0.3 is 5.32 Å². The summed E-state index contributed by atoms with van der Waals surface area (Å²) in [6.07, 6.45) is 1.85. The fourth-order valence-corrected chi connectivity index (χ4v) is 3.82. The molecule has 0 atom stereocenters. The van der Waals surface area contributed by atoms with Gasteiger partial charge in [-0.15, -0.1) is 0 Å². The molecule has 0 saturated carbocycles. The average Bonchev–Trinajstić information content (AvgIpc) is 3.12. The molecule has 1 heterocycles. The van der Waals surface area contributed by atoms with Gasteiger partial charge in [-0.05, 0) is 68.5 Å². The zero-order valence-corrected chi connectivity index (χ0v) is 17.8. The summed E-state index contributed by atoms with van der Waals surface area (Å²) in [4.78, 5) is 17.3. The van der Waals surface area contributed by atoms with Gasteiger partial charge in [-0.1, -0.05) is 37.3 Å². The van der Waals surface area contributed by atoms with E-state index in [1.54, 1.807) is 11.3 Å². The van der Waals surface area contributed by atoms with Gasteiger partial charge in [0.05, 0.1) is 10.2 Å². The minimum absolute atomic E-state index is 0.0979. The first-order chi connectivity index (χ1) is 13.4. The predicted molar refractivity (Wildman–Crippen MR) is 120 cm³/mol. The van der Waals surface area contributed by atoms with Crippen LogP contribution in [0.15, 0.2) is 35.4 Å². The van der Waals surface area contributed by atoms with Crippen LogP contribution in [-0.4, -0.2) is 16.6 Å². The van der Waals surface area contributed by atoms with Gasteiger partial charge in [-0.25, -0.2) is 4.98 Å². The molecule has 0 aliphatic carbocycles. The zero-order chi connectivity index (χ0) is 20.3. The lowest BCUT2D eigenvalue weighted by Gasteiger charge is -2.12. The van der Waals surface area contributed by atoms with Crippen LogP contribution in [0.4, 0.5) is 10.8 Å². The highest BCUT2D eigenvalue weighted by Gasteiger charge is 2.15. The predicted octanol–water partition coefficient (Wildman–Crippen LogP) is 5.93. The lowest BCUT2D eigenvalue weighted by Crippen LogP contribution is -2.13. The topological polar surface area (TPSA) is 66.4 Å². The average molecular weight is 395 g/mol. The summed E-state index contributed by atoms with van der Waals surface area (Å²) in [5.41, 5.74) is 9.72. The summed E-state index contributed by atoms with van der Waals surface area (Å²) >= 11 is 1.55. The third-order valence-electron chi connectivity index (χ3n) is 4.83. The molecule has 146 valence electrons. The number of amides is 1. The van der Waals surface area contributed by atoms with Crippen LogP contribution in [0, 0.1) is 13.8 Å². The molecule has 0 unspecified atom stereocenters. The molecule has 2 N–H and O–H groups in total. The maximum atomic E-state index is 12.7. The summed E-state index contributed by atoms with van der Waals surface area (Å²) in [6.45, 7) is 10.2. The molecule has 1 amide bonds. The van der Waals surface area contributed by atoms with E-state index in [0.717, 1.165) is 50.7 Å². The Labute approximate surface area is 169 Å². The Bertz CT molecular complexity index is 1030. The summed E-state index contributed by atoms with van der Waals surface area (Å²) in [7, 11) is 0. The van der Waals surface area contributed by atoms with Crippen molar-refractivity contribution in [3.05, 3.63) is 52.6 Å². The molecule has 0 fully saturated rings. The van der Waals surface area contributed by atoms with Crippen molar-refractivity contribution in [2.75, 3.05) is 10.7 Å². The number of hydrazone groups is 1. The van der Waals surface area contributed by atoms with E-state index >= 15 is 0 Å². The van der Waals surface area contributed by atoms with Crippen LogP contribution in [0.3, 0.4) is 0 Å². The van der Waals surface area contributed by atoms with E-state index in [-0.39, 0.29) is 5.91 Å². The highest BCUT2D eigenvalue weighted by Crippen LogP contribution is 2.35. The Morgan fingerprint density at radius 3 is 2.54 bits per heavy atom. The third-order valence-corrected chi connectivity index (χ3v) is 5.93. The Morgan fingerprint density at radius 1 is 1.18 bits per heavy atom. The number of nitrogens with zero attached hydrogens (tertiary/aromatic N) is 2. The van der Waals surface area contributed by atoms with Crippen molar-refractivity contribution in [3.8, 4) is 0 Å². The van der Waals surface area contributed by atoms with E-state index in [2.05, 4.69) is 34.7 Å². The number of fused-ring (bicyclic) bond motifs is 1. The quantitative estimate of drug-likeness (QED) is 0.402. The molecule has 3 aromatic rings. The Hall–Kier alpha value is -2.73. The normalized spacial score (nSPS) is 11.7. The molecule has 0 saturated heterocycles. The number of thiazole rings is 1. The fourth-order valence-electron chi connectivity index (χ4n) is 2.92. The Morgan fingerprint density at radius 2 is 1.89 bits per heavy atom. The molecule has 5 nitrogen and oxygen atoms in total. The first-order valence-corrected chi connectivity index (χ1v) is 10.3. The minimum atomic E-state index is -0.0979. The van der Waals surface area contributed by atoms with Crippen LogP contribution in [0.5, 0.6) is 0 Å². The molecule has 0 bridgehead atoms. The molecule has 0 aliphatic heterocycles. The number of hydrogen-bond acceptors (Lipinski definition) is 5. The van der Waals surface area contributed by atoms with E-state index in [9.17, 15) is 4.79 Å². The molecule has 0 aliphatic rings. The van der Waals surface area contributed by atoms with Crippen LogP contribution >= 0.6 is 11.3 Å². The second-order valence-corrected chi connectivity index (χ2v) is 7.88. The van der Waals surface area contributed by atoms with Crippen molar-refractivity contribution in [1.82, 2.24) is 4.98 Å². The van der Waals surface area contributed by atoms with Crippen molar-refractivity contribution >= 4 is 44.0 Å². The van der Waals surface area contributed by atoms with Crippen LogP contribution in [-0.2, 0) is 6.42 Å². The van der Waals surface area contributed by atoms with Crippen LogP contribution in [0.1, 0.15) is 54.2 Å². The highest BCUT2D eigenvalue weighted by molar-refractivity contribution is 7.22. The molecule has 6 heteroatoms. The molecular formula is C22H26N4OS. The van der Waals surface area contributed by atoms with Gasteiger partial charge in [0.25, 0.3) is 5.91 Å². The summed E-state index contributed by atoms with van der Waals surface area (Å²) < 4.78 is 1.05. The van der Waals surface area contributed by atoms with Crippen molar-refractivity contribution < 1.29 is 4.79 Å². The Balaban J connectivity index is 1.89. The van der Waals surface area contributed by atoms with Gasteiger partial charge in [0, 0.05) is 17.0 Å². The molecular weight excluding hydrogens is 368 g/mol. The van der Waals surface area contributed by atoms with Crippen LogP contribution in [0.2, 0.25) is 0 Å². The van der Waals surface area contributed by atoms with Crippen LogP contribution in [0.25, 0.3) is 10.2 Å². The number of rotatable bonds is 6. The molecule has 0 spiro atoms. The first-order valence-electron chi connectivity index (χ1n) is 9.53. The summed E-state index contributed by atoms with van der Waals surface area (Å²) in [5, 5.41) is 8.17. The zero-order valence-electron chi connectivity index (χ0n) is 17.0. The number of carbonyl (C=O) groups excluding carboxylic acids is 1. The highest BCUT2D eigenvalue weighted by atomic mass is 32.1. The standard InChI is InChI=1S/C22H26N4OS/c1-6-14(4)25-26-22-23-18-12-13(3)19(15(5)20(18)28-22)24-21(27)17-10-8-16(7-2)9-11-17/h8-12H,6-7H2,1-5H3,(H,23,26)(H,24,27)/b25-14-. The number of anilines is 2. The fraction of sp³-hybridized carbons (Fsp3) is 0.318. The number of nitrogens with one attached hydrogen (secondary N) is 2. The number of aryl methyl sites for hydroxylation is 3. The second-order valence-electron chi connectivity index (χ2n) is 6.88. The van der Waals surface area contributed by atoms with E-state index in [1.165, 1.54) is 5.56 Å². The number of aromatic nitrogens is 1. The largest absolute Gasteiger partial charge is 0.321 e. The second kappa shape index (κ2) is 8.52. The number of benzene rings is 2.